The molecule has 2 aliphatic heterocycles. The molecule has 3 aromatic rings. The molecule has 0 atom stereocenters. The van der Waals surface area contributed by atoms with Crippen LogP contribution in [0.15, 0.2) is 78.6 Å². The molecule has 1 saturated heterocycles. The molecule has 0 unspecified atom stereocenters. The Morgan fingerprint density at radius 2 is 1.56 bits per heavy atom. The van der Waals surface area contributed by atoms with Crippen molar-refractivity contribution < 1.29 is 14.3 Å². The summed E-state index contributed by atoms with van der Waals surface area (Å²) in [6.07, 6.45) is 1.78. The molecule has 0 saturated carbocycles. The summed E-state index contributed by atoms with van der Waals surface area (Å²) < 4.78 is 5.32. The monoisotopic (exact) mass is 454 g/mol. The Labute approximate surface area is 198 Å². The van der Waals surface area contributed by atoms with Crippen LogP contribution in [0.1, 0.15) is 11.1 Å². The van der Waals surface area contributed by atoms with Crippen molar-refractivity contribution >= 4 is 28.9 Å². The van der Waals surface area contributed by atoms with Gasteiger partial charge in [-0.05, 0) is 36.8 Å². The van der Waals surface area contributed by atoms with Gasteiger partial charge in [-0.15, -0.1) is 0 Å². The molecule has 2 aliphatic rings. The lowest BCUT2D eigenvalue weighted by Crippen LogP contribution is -2.48. The first-order valence-corrected chi connectivity index (χ1v) is 11.3. The Balaban J connectivity index is 1.50. The van der Waals surface area contributed by atoms with Crippen LogP contribution in [0.2, 0.25) is 0 Å². The van der Waals surface area contributed by atoms with Gasteiger partial charge in [-0.3, -0.25) is 9.59 Å². The minimum Gasteiger partial charge on any atom is -0.497 e. The van der Waals surface area contributed by atoms with E-state index in [4.69, 9.17) is 4.74 Å². The first-order chi connectivity index (χ1) is 16.6. The second-order valence-electron chi connectivity index (χ2n) is 8.40. The fraction of sp³-hybridized carbons (Fsp3) is 0.222. The number of aryl methyl sites for hydroxylation is 1. The molecule has 5 rings (SSSR count). The van der Waals surface area contributed by atoms with Crippen LogP contribution >= 0.6 is 0 Å². The summed E-state index contributed by atoms with van der Waals surface area (Å²) in [6, 6.07) is 20.6. The Morgan fingerprint density at radius 3 is 2.24 bits per heavy atom. The second kappa shape index (κ2) is 9.02. The maximum atomic E-state index is 13.8. The number of nitrogens with zero attached hydrogens (tertiary/aromatic N) is 4. The minimum absolute atomic E-state index is 0.305. The SMILES string of the molecule is COc1cccc(N2C(=O)C(c3ccc(C)cc3)=C(N3CCN(c4ccccn4)CC3)C2=O)c1. The first-order valence-electron chi connectivity index (χ1n) is 11.3. The van der Waals surface area contributed by atoms with Crippen molar-refractivity contribution in [2.45, 2.75) is 6.92 Å². The van der Waals surface area contributed by atoms with Gasteiger partial charge >= 0.3 is 0 Å². The Bertz CT molecular complexity index is 1250. The molecule has 1 fully saturated rings. The highest BCUT2D eigenvalue weighted by molar-refractivity contribution is 6.45. The van der Waals surface area contributed by atoms with Crippen molar-refractivity contribution in [1.82, 2.24) is 9.88 Å². The van der Waals surface area contributed by atoms with E-state index >= 15 is 0 Å². The summed E-state index contributed by atoms with van der Waals surface area (Å²) in [7, 11) is 1.56. The van der Waals surface area contributed by atoms with E-state index in [0.717, 1.165) is 16.9 Å². The van der Waals surface area contributed by atoms with Crippen molar-refractivity contribution in [3.63, 3.8) is 0 Å². The number of amides is 2. The van der Waals surface area contributed by atoms with Crippen molar-refractivity contribution in [1.29, 1.82) is 0 Å². The largest absolute Gasteiger partial charge is 0.497 e. The number of piperazine rings is 1. The highest BCUT2D eigenvalue weighted by Gasteiger charge is 2.43. The van der Waals surface area contributed by atoms with E-state index < -0.39 is 0 Å². The van der Waals surface area contributed by atoms with Gasteiger partial charge in [0.2, 0.25) is 0 Å². The molecule has 0 N–H and O–H groups in total. The molecular formula is C27H26N4O3. The van der Waals surface area contributed by atoms with Crippen LogP contribution in [-0.2, 0) is 9.59 Å². The molecule has 34 heavy (non-hydrogen) atoms. The summed E-state index contributed by atoms with van der Waals surface area (Å²) in [5, 5.41) is 0. The number of hydrogen-bond donors (Lipinski definition) is 0. The predicted octanol–water partition coefficient (Wildman–Crippen LogP) is 3.51. The number of anilines is 2. The quantitative estimate of drug-likeness (QED) is 0.550. The van der Waals surface area contributed by atoms with Crippen LogP contribution < -0.4 is 14.5 Å². The van der Waals surface area contributed by atoms with Crippen molar-refractivity contribution in [3.8, 4) is 5.75 Å². The van der Waals surface area contributed by atoms with Crippen molar-refractivity contribution in [2.75, 3.05) is 43.1 Å². The zero-order valence-electron chi connectivity index (χ0n) is 19.3. The molecule has 2 aromatic carbocycles. The summed E-state index contributed by atoms with van der Waals surface area (Å²) >= 11 is 0. The number of methoxy groups -OCH3 is 1. The summed E-state index contributed by atoms with van der Waals surface area (Å²) in [5.74, 6) is 0.888. The van der Waals surface area contributed by atoms with Gasteiger partial charge in [0.25, 0.3) is 11.8 Å². The average Bonchev–Trinajstić information content (AvgIpc) is 3.15. The zero-order chi connectivity index (χ0) is 23.7. The standard InChI is InChI=1S/C27H26N4O3/c1-19-9-11-20(12-10-19)24-25(30-16-14-29(15-17-30)23-8-3-4-13-28-23)27(33)31(26(24)32)21-6-5-7-22(18-21)34-2/h3-13,18H,14-17H2,1-2H3. The lowest BCUT2D eigenvalue weighted by molar-refractivity contribution is -0.120. The molecule has 3 heterocycles. The van der Waals surface area contributed by atoms with E-state index in [9.17, 15) is 9.59 Å². The van der Waals surface area contributed by atoms with Crippen LogP contribution in [0.5, 0.6) is 5.75 Å². The van der Waals surface area contributed by atoms with E-state index in [1.165, 1.54) is 4.90 Å². The number of benzene rings is 2. The third-order valence-corrected chi connectivity index (χ3v) is 6.28. The molecule has 0 aliphatic carbocycles. The van der Waals surface area contributed by atoms with E-state index in [2.05, 4.69) is 9.88 Å². The van der Waals surface area contributed by atoms with E-state index in [-0.39, 0.29) is 11.8 Å². The van der Waals surface area contributed by atoms with Crippen LogP contribution in [0, 0.1) is 6.92 Å². The van der Waals surface area contributed by atoms with Gasteiger partial charge in [0.15, 0.2) is 0 Å². The van der Waals surface area contributed by atoms with E-state index in [0.29, 0.717) is 48.9 Å². The van der Waals surface area contributed by atoms with E-state index in [1.54, 1.807) is 37.6 Å². The topological polar surface area (TPSA) is 66.0 Å². The second-order valence-corrected chi connectivity index (χ2v) is 8.40. The molecule has 0 bridgehead atoms. The minimum atomic E-state index is -0.315. The molecule has 7 heteroatoms. The highest BCUT2D eigenvalue weighted by Crippen LogP contribution is 2.36. The van der Waals surface area contributed by atoms with Gasteiger partial charge in [0.1, 0.15) is 17.3 Å². The smallest absolute Gasteiger partial charge is 0.282 e. The Morgan fingerprint density at radius 1 is 0.824 bits per heavy atom. The number of hydrogen-bond acceptors (Lipinski definition) is 6. The normalized spacial score (nSPS) is 16.5. The molecular weight excluding hydrogens is 428 g/mol. The number of aromatic nitrogens is 1. The molecule has 1 aromatic heterocycles. The molecule has 0 radical (unpaired) electrons. The fourth-order valence-electron chi connectivity index (χ4n) is 4.48. The highest BCUT2D eigenvalue weighted by atomic mass is 16.5. The van der Waals surface area contributed by atoms with Crippen LogP contribution in [-0.4, -0.2) is 55.0 Å². The van der Waals surface area contributed by atoms with E-state index in [1.807, 2.05) is 54.3 Å². The Kier molecular flexibility index (Phi) is 5.76. The van der Waals surface area contributed by atoms with Gasteiger partial charge in [-0.25, -0.2) is 9.88 Å². The molecule has 0 spiro atoms. The molecule has 2 amide bonds. The third-order valence-electron chi connectivity index (χ3n) is 6.28. The first kappa shape index (κ1) is 21.7. The maximum absolute atomic E-state index is 13.8. The van der Waals surface area contributed by atoms with Gasteiger partial charge in [0.05, 0.1) is 18.4 Å². The maximum Gasteiger partial charge on any atom is 0.282 e. The number of carbonyl (C=O) groups is 2. The Hall–Kier alpha value is -4.13. The predicted molar refractivity (Wildman–Crippen MR) is 132 cm³/mol. The number of imide groups is 1. The lowest BCUT2D eigenvalue weighted by atomic mass is 10.0. The number of pyridine rings is 1. The third kappa shape index (κ3) is 3.90. The fourth-order valence-corrected chi connectivity index (χ4v) is 4.48. The summed E-state index contributed by atoms with van der Waals surface area (Å²) in [4.78, 5) is 37.4. The lowest BCUT2D eigenvalue weighted by Gasteiger charge is -2.37. The number of rotatable bonds is 5. The summed E-state index contributed by atoms with van der Waals surface area (Å²) in [5.41, 5.74) is 3.24. The number of ether oxygens (including phenoxy) is 1. The van der Waals surface area contributed by atoms with Crippen molar-refractivity contribution in [2.24, 2.45) is 0 Å². The van der Waals surface area contributed by atoms with Crippen LogP contribution in [0.25, 0.3) is 5.57 Å². The average molecular weight is 455 g/mol. The van der Waals surface area contributed by atoms with Crippen LogP contribution in [0.4, 0.5) is 11.5 Å². The number of carbonyl (C=O) groups excluding carboxylic acids is 2. The van der Waals surface area contributed by atoms with Gasteiger partial charge in [-0.1, -0.05) is 42.0 Å². The molecule has 7 nitrogen and oxygen atoms in total. The van der Waals surface area contributed by atoms with Gasteiger partial charge < -0.3 is 14.5 Å². The zero-order valence-corrected chi connectivity index (χ0v) is 19.3. The van der Waals surface area contributed by atoms with Gasteiger partial charge in [0, 0.05) is 38.4 Å². The molecule has 172 valence electrons. The van der Waals surface area contributed by atoms with Gasteiger partial charge in [-0.2, -0.15) is 0 Å². The van der Waals surface area contributed by atoms with Crippen LogP contribution in [0.3, 0.4) is 0 Å². The van der Waals surface area contributed by atoms with Crippen molar-refractivity contribution in [3.05, 3.63) is 89.8 Å². The summed E-state index contributed by atoms with van der Waals surface area (Å²) in [6.45, 7) is 4.66.